The molecule has 3 heteroatoms. The number of nitrogens with two attached hydrogens (primary N) is 1. The summed E-state index contributed by atoms with van der Waals surface area (Å²) in [4.78, 5) is 4.38. The third-order valence-corrected chi connectivity index (χ3v) is 2.92. The molecule has 0 saturated heterocycles. The average molecular weight is 242 g/mol. The molecule has 94 valence electrons. The van der Waals surface area contributed by atoms with Crippen LogP contribution in [0, 0.1) is 6.92 Å². The molecule has 0 bridgehead atoms. The minimum absolute atomic E-state index is 0.0599. The van der Waals surface area contributed by atoms with Crippen LogP contribution in [0.3, 0.4) is 0 Å². The number of aromatic nitrogens is 1. The maximum Gasteiger partial charge on any atom is 0.119 e. The van der Waals surface area contributed by atoms with E-state index in [1.165, 1.54) is 0 Å². The van der Waals surface area contributed by atoms with Gasteiger partial charge in [0.1, 0.15) is 5.75 Å². The molecular formula is C15H18N2O. The molecule has 1 aromatic carbocycles. The van der Waals surface area contributed by atoms with E-state index in [9.17, 15) is 0 Å². The summed E-state index contributed by atoms with van der Waals surface area (Å²) in [7, 11) is 1.66. The van der Waals surface area contributed by atoms with Crippen LogP contribution in [0.2, 0.25) is 0 Å². The highest BCUT2D eigenvalue weighted by atomic mass is 16.5. The summed E-state index contributed by atoms with van der Waals surface area (Å²) in [6, 6.07) is 11.9. The monoisotopic (exact) mass is 242 g/mol. The molecule has 18 heavy (non-hydrogen) atoms. The van der Waals surface area contributed by atoms with Crippen molar-refractivity contribution in [3.63, 3.8) is 0 Å². The summed E-state index contributed by atoms with van der Waals surface area (Å²) in [6.45, 7) is 2.03. The Labute approximate surface area is 108 Å². The highest BCUT2D eigenvalue weighted by molar-refractivity contribution is 5.31. The van der Waals surface area contributed by atoms with Crippen molar-refractivity contribution in [2.45, 2.75) is 19.4 Å². The average Bonchev–Trinajstić information content (AvgIpc) is 2.41. The Morgan fingerprint density at radius 3 is 2.78 bits per heavy atom. The van der Waals surface area contributed by atoms with Crippen molar-refractivity contribution >= 4 is 0 Å². The summed E-state index contributed by atoms with van der Waals surface area (Å²) < 4.78 is 5.20. The normalized spacial score (nSPS) is 12.2. The molecule has 0 aliphatic rings. The van der Waals surface area contributed by atoms with Crippen LogP contribution in [-0.2, 0) is 6.42 Å². The third kappa shape index (κ3) is 3.08. The van der Waals surface area contributed by atoms with Gasteiger partial charge >= 0.3 is 0 Å². The Balaban J connectivity index is 2.11. The molecule has 1 atom stereocenters. The molecule has 2 rings (SSSR count). The van der Waals surface area contributed by atoms with Crippen molar-refractivity contribution < 1.29 is 4.74 Å². The Bertz CT molecular complexity index is 508. The van der Waals surface area contributed by atoms with Gasteiger partial charge in [-0.05, 0) is 36.2 Å². The van der Waals surface area contributed by atoms with Gasteiger partial charge in [0.2, 0.25) is 0 Å². The molecule has 2 aromatic rings. The number of rotatable bonds is 4. The van der Waals surface area contributed by atoms with E-state index in [0.717, 1.165) is 29.0 Å². The fourth-order valence-corrected chi connectivity index (χ4v) is 1.83. The number of benzene rings is 1. The Kier molecular flexibility index (Phi) is 3.95. The first-order chi connectivity index (χ1) is 8.69. The van der Waals surface area contributed by atoms with Gasteiger partial charge in [0.25, 0.3) is 0 Å². The molecule has 0 spiro atoms. The van der Waals surface area contributed by atoms with Gasteiger partial charge in [-0.25, -0.2) is 0 Å². The third-order valence-electron chi connectivity index (χ3n) is 2.92. The Morgan fingerprint density at radius 1 is 1.28 bits per heavy atom. The maximum absolute atomic E-state index is 6.19. The van der Waals surface area contributed by atoms with Crippen LogP contribution >= 0.6 is 0 Å². The van der Waals surface area contributed by atoms with Crippen LogP contribution in [0.15, 0.2) is 42.6 Å². The van der Waals surface area contributed by atoms with Gasteiger partial charge < -0.3 is 10.5 Å². The summed E-state index contributed by atoms with van der Waals surface area (Å²) in [5.74, 6) is 0.833. The van der Waals surface area contributed by atoms with Crippen LogP contribution in [-0.4, -0.2) is 12.1 Å². The first kappa shape index (κ1) is 12.6. The first-order valence-electron chi connectivity index (χ1n) is 6.00. The summed E-state index contributed by atoms with van der Waals surface area (Å²) >= 11 is 0. The second kappa shape index (κ2) is 5.65. The molecule has 0 amide bonds. The van der Waals surface area contributed by atoms with E-state index in [1.54, 1.807) is 7.11 Å². The van der Waals surface area contributed by atoms with Gasteiger partial charge in [0, 0.05) is 24.4 Å². The lowest BCUT2D eigenvalue weighted by atomic mass is 10.0. The van der Waals surface area contributed by atoms with E-state index in [0.29, 0.717) is 0 Å². The topological polar surface area (TPSA) is 48.1 Å². The minimum atomic E-state index is -0.0599. The molecule has 0 aliphatic heterocycles. The number of hydrogen-bond acceptors (Lipinski definition) is 3. The predicted octanol–water partition coefficient (Wildman–Crippen LogP) is 2.64. The van der Waals surface area contributed by atoms with E-state index < -0.39 is 0 Å². The molecular weight excluding hydrogens is 224 g/mol. The lowest BCUT2D eigenvalue weighted by Gasteiger charge is -2.12. The summed E-state index contributed by atoms with van der Waals surface area (Å²) in [6.07, 6.45) is 2.60. The van der Waals surface area contributed by atoms with Gasteiger partial charge in [-0.1, -0.05) is 18.2 Å². The molecule has 0 saturated carbocycles. The molecule has 0 aliphatic carbocycles. The zero-order chi connectivity index (χ0) is 13.0. The van der Waals surface area contributed by atoms with E-state index in [-0.39, 0.29) is 6.04 Å². The molecule has 3 nitrogen and oxygen atoms in total. The van der Waals surface area contributed by atoms with E-state index in [1.807, 2.05) is 43.5 Å². The van der Waals surface area contributed by atoms with Gasteiger partial charge in [-0.15, -0.1) is 0 Å². The largest absolute Gasteiger partial charge is 0.497 e. The number of pyridine rings is 1. The van der Waals surface area contributed by atoms with Crippen LogP contribution in [0.1, 0.15) is 22.9 Å². The predicted molar refractivity (Wildman–Crippen MR) is 72.6 cm³/mol. The Morgan fingerprint density at radius 2 is 2.11 bits per heavy atom. The van der Waals surface area contributed by atoms with Crippen molar-refractivity contribution in [2.24, 2.45) is 5.73 Å². The number of hydrogen-bond donors (Lipinski definition) is 1. The fraction of sp³-hybridized carbons (Fsp3) is 0.267. The number of nitrogens with zero attached hydrogens (tertiary/aromatic N) is 1. The number of methoxy groups -OCH3 is 1. The summed E-state index contributed by atoms with van der Waals surface area (Å²) in [5.41, 5.74) is 9.43. The standard InChI is InChI=1S/C15H18N2O/c1-11-6-7-13(17-10-11)9-15(16)12-4-3-5-14(8-12)18-2/h3-8,10,15H,9,16H2,1-2H3. The van der Waals surface area contributed by atoms with E-state index >= 15 is 0 Å². The van der Waals surface area contributed by atoms with Crippen LogP contribution in [0.5, 0.6) is 5.75 Å². The molecule has 0 fully saturated rings. The van der Waals surface area contributed by atoms with Crippen molar-refractivity contribution in [3.05, 3.63) is 59.4 Å². The van der Waals surface area contributed by atoms with Crippen molar-refractivity contribution in [1.82, 2.24) is 4.98 Å². The minimum Gasteiger partial charge on any atom is -0.497 e. The number of ether oxygens (including phenoxy) is 1. The van der Waals surface area contributed by atoms with Crippen molar-refractivity contribution in [1.29, 1.82) is 0 Å². The molecule has 1 aromatic heterocycles. The highest BCUT2D eigenvalue weighted by Crippen LogP contribution is 2.20. The second-order valence-corrected chi connectivity index (χ2v) is 4.41. The molecule has 0 radical (unpaired) electrons. The van der Waals surface area contributed by atoms with Crippen LogP contribution in [0.25, 0.3) is 0 Å². The van der Waals surface area contributed by atoms with Crippen molar-refractivity contribution in [3.8, 4) is 5.75 Å². The SMILES string of the molecule is COc1cccc(C(N)Cc2ccc(C)cn2)c1. The maximum atomic E-state index is 6.19. The smallest absolute Gasteiger partial charge is 0.119 e. The number of aryl methyl sites for hydroxylation is 1. The molecule has 1 unspecified atom stereocenters. The summed E-state index contributed by atoms with van der Waals surface area (Å²) in [5, 5.41) is 0. The zero-order valence-electron chi connectivity index (χ0n) is 10.8. The van der Waals surface area contributed by atoms with Crippen LogP contribution < -0.4 is 10.5 Å². The van der Waals surface area contributed by atoms with E-state index in [2.05, 4.69) is 11.1 Å². The van der Waals surface area contributed by atoms with Gasteiger partial charge in [0.15, 0.2) is 0 Å². The van der Waals surface area contributed by atoms with Crippen molar-refractivity contribution in [2.75, 3.05) is 7.11 Å². The fourth-order valence-electron chi connectivity index (χ4n) is 1.83. The van der Waals surface area contributed by atoms with Gasteiger partial charge in [-0.2, -0.15) is 0 Å². The lowest BCUT2D eigenvalue weighted by Crippen LogP contribution is -2.14. The first-order valence-corrected chi connectivity index (χ1v) is 6.00. The molecule has 1 heterocycles. The van der Waals surface area contributed by atoms with Gasteiger partial charge in [0.05, 0.1) is 7.11 Å². The quantitative estimate of drug-likeness (QED) is 0.896. The molecule has 2 N–H and O–H groups in total. The van der Waals surface area contributed by atoms with Gasteiger partial charge in [-0.3, -0.25) is 4.98 Å². The van der Waals surface area contributed by atoms with E-state index in [4.69, 9.17) is 10.5 Å². The lowest BCUT2D eigenvalue weighted by molar-refractivity contribution is 0.413. The Hall–Kier alpha value is -1.87. The zero-order valence-corrected chi connectivity index (χ0v) is 10.8. The second-order valence-electron chi connectivity index (χ2n) is 4.41. The van der Waals surface area contributed by atoms with Crippen LogP contribution in [0.4, 0.5) is 0 Å². The highest BCUT2D eigenvalue weighted by Gasteiger charge is 2.08.